The van der Waals surface area contributed by atoms with Crippen molar-refractivity contribution in [3.05, 3.63) is 29.3 Å². The summed E-state index contributed by atoms with van der Waals surface area (Å²) in [5.74, 6) is -4.47. The van der Waals surface area contributed by atoms with Crippen LogP contribution in [-0.4, -0.2) is 18.7 Å². The second-order valence-corrected chi connectivity index (χ2v) is 4.74. The Balaban J connectivity index is 2.32. The van der Waals surface area contributed by atoms with Crippen molar-refractivity contribution in [1.82, 2.24) is 0 Å². The van der Waals surface area contributed by atoms with Gasteiger partial charge in [-0.25, -0.2) is 0 Å². The van der Waals surface area contributed by atoms with Gasteiger partial charge < -0.3 is 4.74 Å². The lowest BCUT2D eigenvalue weighted by molar-refractivity contribution is -0.283. The minimum atomic E-state index is -5.67. The molecule has 2 rings (SSSR count). The molecule has 1 heterocycles. The molecule has 1 aromatic rings. The topological polar surface area (TPSA) is 9.23 Å². The molecule has 1 atom stereocenters. The molecule has 1 unspecified atom stereocenters. The van der Waals surface area contributed by atoms with E-state index in [9.17, 15) is 22.0 Å². The Morgan fingerprint density at radius 2 is 1.84 bits per heavy atom. The van der Waals surface area contributed by atoms with Gasteiger partial charge in [-0.3, -0.25) is 0 Å². The average Bonchev–Trinajstić information content (AvgIpc) is 2.36. The minimum Gasteiger partial charge on any atom is -0.493 e. The average molecular weight is 301 g/mol. The van der Waals surface area contributed by atoms with Crippen LogP contribution in [0.3, 0.4) is 0 Å². The summed E-state index contributed by atoms with van der Waals surface area (Å²) in [5.41, 5.74) is 0.348. The predicted octanol–water partition coefficient (Wildman–Crippen LogP) is 4.49. The molecule has 0 aromatic heterocycles. The third-order valence-electron chi connectivity index (χ3n) is 2.92. The number of rotatable bonds is 2. The minimum absolute atomic E-state index is 0.256. The first-order chi connectivity index (χ1) is 8.73. The fourth-order valence-corrected chi connectivity index (χ4v) is 2.15. The fourth-order valence-electron chi connectivity index (χ4n) is 1.89. The van der Waals surface area contributed by atoms with Gasteiger partial charge in [-0.15, -0.1) is 11.6 Å². The van der Waals surface area contributed by atoms with Crippen molar-refractivity contribution in [3.63, 3.8) is 0 Å². The molecule has 1 aromatic carbocycles. The zero-order chi connectivity index (χ0) is 14.3. The van der Waals surface area contributed by atoms with Gasteiger partial charge >= 0.3 is 12.1 Å². The Morgan fingerprint density at radius 1 is 1.16 bits per heavy atom. The zero-order valence-electron chi connectivity index (χ0n) is 9.61. The number of fused-ring (bicyclic) bond motifs is 1. The van der Waals surface area contributed by atoms with E-state index in [1.165, 1.54) is 12.1 Å². The van der Waals surface area contributed by atoms with Gasteiger partial charge in [0.15, 0.2) is 0 Å². The molecule has 0 radical (unpaired) electrons. The summed E-state index contributed by atoms with van der Waals surface area (Å²) in [4.78, 5) is 0. The molecule has 1 aliphatic rings. The van der Waals surface area contributed by atoms with Crippen LogP contribution in [-0.2, 0) is 6.42 Å². The smallest absolute Gasteiger partial charge is 0.455 e. The molecule has 0 amide bonds. The SMILES string of the molecule is FC(F)(F)C(F)(F)C(Cl)c1ccc2c(c1)CCCO2. The van der Waals surface area contributed by atoms with Crippen LogP contribution in [0.25, 0.3) is 0 Å². The van der Waals surface area contributed by atoms with E-state index >= 15 is 0 Å². The van der Waals surface area contributed by atoms with E-state index in [1.807, 2.05) is 0 Å². The van der Waals surface area contributed by atoms with E-state index in [1.54, 1.807) is 0 Å². The van der Waals surface area contributed by atoms with Crippen LogP contribution in [0.15, 0.2) is 18.2 Å². The van der Waals surface area contributed by atoms with Crippen molar-refractivity contribution in [3.8, 4) is 5.75 Å². The van der Waals surface area contributed by atoms with Crippen molar-refractivity contribution in [2.75, 3.05) is 6.61 Å². The molecule has 0 fully saturated rings. The van der Waals surface area contributed by atoms with Gasteiger partial charge in [0.1, 0.15) is 11.1 Å². The summed E-state index contributed by atoms with van der Waals surface area (Å²) in [6.45, 7) is 0.509. The molecule has 0 aliphatic carbocycles. The standard InChI is InChI=1S/C12H10ClF5O/c13-10(11(14,15)12(16,17)18)8-3-4-9-7(6-8)2-1-5-19-9/h3-4,6,10H,1-2,5H2. The first-order valence-corrected chi connectivity index (χ1v) is 6.01. The molecular weight excluding hydrogens is 291 g/mol. The molecule has 0 saturated heterocycles. The lowest BCUT2D eigenvalue weighted by Gasteiger charge is -2.26. The summed E-state index contributed by atoms with van der Waals surface area (Å²) in [6, 6.07) is 3.78. The number of alkyl halides is 6. The van der Waals surface area contributed by atoms with Crippen molar-refractivity contribution in [2.45, 2.75) is 30.3 Å². The van der Waals surface area contributed by atoms with Gasteiger partial charge in [0.25, 0.3) is 0 Å². The van der Waals surface area contributed by atoms with Crippen LogP contribution in [0.1, 0.15) is 22.9 Å². The maximum atomic E-state index is 13.2. The summed E-state index contributed by atoms with van der Waals surface area (Å²) < 4.78 is 68.3. The molecule has 7 heteroatoms. The van der Waals surface area contributed by atoms with E-state index in [0.717, 1.165) is 6.07 Å². The van der Waals surface area contributed by atoms with Crippen molar-refractivity contribution < 1.29 is 26.7 Å². The normalized spacial score (nSPS) is 17.6. The molecule has 19 heavy (non-hydrogen) atoms. The highest BCUT2D eigenvalue weighted by atomic mass is 35.5. The fraction of sp³-hybridized carbons (Fsp3) is 0.500. The Kier molecular flexibility index (Phi) is 3.64. The number of halogens is 6. The van der Waals surface area contributed by atoms with E-state index in [2.05, 4.69) is 0 Å². The molecule has 0 bridgehead atoms. The molecule has 106 valence electrons. The second kappa shape index (κ2) is 4.81. The van der Waals surface area contributed by atoms with E-state index in [4.69, 9.17) is 16.3 Å². The lowest BCUT2D eigenvalue weighted by atomic mass is 9.99. The molecule has 1 nitrogen and oxygen atoms in total. The lowest BCUT2D eigenvalue weighted by Crippen LogP contribution is -2.40. The summed E-state index contributed by atoms with van der Waals surface area (Å²) >= 11 is 5.31. The van der Waals surface area contributed by atoms with E-state index < -0.39 is 17.5 Å². The van der Waals surface area contributed by atoms with Crippen LogP contribution in [0.4, 0.5) is 22.0 Å². The highest BCUT2D eigenvalue weighted by Gasteiger charge is 2.62. The molecular formula is C12H10ClF5O. The number of ether oxygens (including phenoxy) is 1. The highest BCUT2D eigenvalue weighted by Crippen LogP contribution is 2.48. The van der Waals surface area contributed by atoms with E-state index in [-0.39, 0.29) is 5.56 Å². The predicted molar refractivity (Wildman–Crippen MR) is 59.9 cm³/mol. The Hall–Kier alpha value is -1.04. The number of aryl methyl sites for hydroxylation is 1. The van der Waals surface area contributed by atoms with Crippen molar-refractivity contribution in [2.24, 2.45) is 0 Å². The highest BCUT2D eigenvalue weighted by molar-refractivity contribution is 6.21. The van der Waals surface area contributed by atoms with Crippen LogP contribution >= 0.6 is 11.6 Å². The monoisotopic (exact) mass is 300 g/mol. The third kappa shape index (κ3) is 2.63. The van der Waals surface area contributed by atoms with Crippen LogP contribution in [0.2, 0.25) is 0 Å². The summed E-state index contributed by atoms with van der Waals surface area (Å²) in [7, 11) is 0. The Labute approximate surface area is 111 Å². The largest absolute Gasteiger partial charge is 0.493 e. The van der Waals surface area contributed by atoms with Gasteiger partial charge in [-0.1, -0.05) is 12.1 Å². The molecule has 0 spiro atoms. The van der Waals surface area contributed by atoms with Gasteiger partial charge in [0.05, 0.1) is 6.61 Å². The summed E-state index contributed by atoms with van der Waals surface area (Å²) in [5, 5.41) is -2.44. The van der Waals surface area contributed by atoms with Crippen molar-refractivity contribution in [1.29, 1.82) is 0 Å². The van der Waals surface area contributed by atoms with E-state index in [0.29, 0.717) is 30.8 Å². The second-order valence-electron chi connectivity index (χ2n) is 4.30. The Bertz CT molecular complexity index is 472. The van der Waals surface area contributed by atoms with Gasteiger partial charge in [0, 0.05) is 0 Å². The molecule has 0 saturated carbocycles. The van der Waals surface area contributed by atoms with Gasteiger partial charge in [0.2, 0.25) is 0 Å². The maximum Gasteiger partial charge on any atom is 0.455 e. The zero-order valence-corrected chi connectivity index (χ0v) is 10.4. The van der Waals surface area contributed by atoms with Crippen LogP contribution < -0.4 is 4.74 Å². The number of hydrogen-bond donors (Lipinski definition) is 0. The number of hydrogen-bond acceptors (Lipinski definition) is 1. The third-order valence-corrected chi connectivity index (χ3v) is 3.45. The first-order valence-electron chi connectivity index (χ1n) is 5.57. The molecule has 0 N–H and O–H groups in total. The summed E-state index contributed by atoms with van der Waals surface area (Å²) in [6.07, 6.45) is -4.41. The first kappa shape index (κ1) is 14.4. The maximum absolute atomic E-state index is 13.2. The molecule has 1 aliphatic heterocycles. The van der Waals surface area contributed by atoms with Gasteiger partial charge in [-0.05, 0) is 30.0 Å². The van der Waals surface area contributed by atoms with Crippen molar-refractivity contribution >= 4 is 11.6 Å². The quantitative estimate of drug-likeness (QED) is 0.577. The Morgan fingerprint density at radius 3 is 2.47 bits per heavy atom. The van der Waals surface area contributed by atoms with Crippen LogP contribution in [0.5, 0.6) is 5.75 Å². The number of benzene rings is 1. The van der Waals surface area contributed by atoms with Crippen LogP contribution in [0, 0.1) is 0 Å². The van der Waals surface area contributed by atoms with Gasteiger partial charge in [-0.2, -0.15) is 22.0 Å².